The minimum Gasteiger partial charge on any atom is -0.387 e. The van der Waals surface area contributed by atoms with Crippen LogP contribution in [-0.4, -0.2) is 29.2 Å². The lowest BCUT2D eigenvalue weighted by atomic mass is 9.91. The Balaban J connectivity index is 2.13. The third-order valence-electron chi connectivity index (χ3n) is 3.99. The van der Waals surface area contributed by atoms with Crippen molar-refractivity contribution in [3.8, 4) is 0 Å². The van der Waals surface area contributed by atoms with Crippen LogP contribution in [0.15, 0.2) is 53.5 Å². The molecule has 1 amide bonds. The summed E-state index contributed by atoms with van der Waals surface area (Å²) in [7, 11) is 0. The van der Waals surface area contributed by atoms with E-state index in [4.69, 9.17) is 34.0 Å². The molecule has 7 heteroatoms. The highest BCUT2D eigenvalue weighted by Crippen LogP contribution is 2.18. The standard InChI is InChI=1S/C20H20Cl2N2O3/c21-16-5-1-13(2-6-16)9-15(20(23)24-19(27)12-25)11-18(26)10-14-3-7-17(22)8-4-14/h1-8,15,25H,9-12H2,(H2,23,24,27)/t15-/m1/s1. The summed E-state index contributed by atoms with van der Waals surface area (Å²) >= 11 is 11.8. The molecule has 0 unspecified atom stereocenters. The first-order valence-corrected chi connectivity index (χ1v) is 9.11. The fourth-order valence-corrected chi connectivity index (χ4v) is 2.89. The van der Waals surface area contributed by atoms with Crippen molar-refractivity contribution >= 4 is 40.7 Å². The lowest BCUT2D eigenvalue weighted by molar-refractivity contribution is -0.121. The highest BCUT2D eigenvalue weighted by atomic mass is 35.5. The van der Waals surface area contributed by atoms with Gasteiger partial charge >= 0.3 is 0 Å². The van der Waals surface area contributed by atoms with Crippen LogP contribution in [0.5, 0.6) is 0 Å². The van der Waals surface area contributed by atoms with E-state index in [1.165, 1.54) is 0 Å². The maximum absolute atomic E-state index is 12.5. The zero-order valence-electron chi connectivity index (χ0n) is 14.6. The SMILES string of the molecule is NC(=NC(=O)CO)[C@@H](CC(=O)Cc1ccc(Cl)cc1)Cc1ccc(Cl)cc1. The topological polar surface area (TPSA) is 92.8 Å². The van der Waals surface area contributed by atoms with E-state index in [1.54, 1.807) is 36.4 Å². The fraction of sp³-hybridized carbons (Fsp3) is 0.250. The minimum absolute atomic E-state index is 0.0356. The van der Waals surface area contributed by atoms with Crippen molar-refractivity contribution in [3.05, 3.63) is 69.7 Å². The number of aliphatic hydroxyl groups is 1. The second-order valence-corrected chi connectivity index (χ2v) is 7.03. The van der Waals surface area contributed by atoms with E-state index in [0.717, 1.165) is 11.1 Å². The molecular weight excluding hydrogens is 387 g/mol. The van der Waals surface area contributed by atoms with Crippen LogP contribution in [0.25, 0.3) is 0 Å². The Kier molecular flexibility index (Phi) is 7.98. The number of amidine groups is 1. The Bertz CT molecular complexity index is 818. The number of hydrogen-bond donors (Lipinski definition) is 2. The van der Waals surface area contributed by atoms with Crippen LogP contribution in [-0.2, 0) is 22.4 Å². The third kappa shape index (κ3) is 7.13. The maximum atomic E-state index is 12.5. The number of aliphatic hydroxyl groups excluding tert-OH is 1. The summed E-state index contributed by atoms with van der Waals surface area (Å²) in [6.07, 6.45) is 0.784. The normalized spacial score (nSPS) is 12.6. The number of amides is 1. The monoisotopic (exact) mass is 406 g/mol. The molecule has 0 bridgehead atoms. The Hall–Kier alpha value is -2.21. The zero-order chi connectivity index (χ0) is 19.8. The number of carbonyl (C=O) groups is 2. The molecule has 3 N–H and O–H groups in total. The van der Waals surface area contributed by atoms with Crippen molar-refractivity contribution in [2.24, 2.45) is 16.6 Å². The Morgan fingerprint density at radius 1 is 0.963 bits per heavy atom. The predicted molar refractivity (Wildman–Crippen MR) is 107 cm³/mol. The van der Waals surface area contributed by atoms with E-state index in [-0.39, 0.29) is 24.5 Å². The molecule has 0 aliphatic rings. The number of benzene rings is 2. The molecule has 0 saturated carbocycles. The number of halogens is 2. The van der Waals surface area contributed by atoms with Gasteiger partial charge in [-0.15, -0.1) is 0 Å². The summed E-state index contributed by atoms with van der Waals surface area (Å²) in [6.45, 7) is -0.729. The lowest BCUT2D eigenvalue weighted by Crippen LogP contribution is -2.30. The van der Waals surface area contributed by atoms with E-state index in [2.05, 4.69) is 4.99 Å². The van der Waals surface area contributed by atoms with Gasteiger partial charge in [0.05, 0.1) is 0 Å². The largest absolute Gasteiger partial charge is 0.387 e. The van der Waals surface area contributed by atoms with Crippen LogP contribution in [0.2, 0.25) is 10.0 Å². The number of rotatable bonds is 8. The molecule has 0 aromatic heterocycles. The number of nitrogens with two attached hydrogens (primary N) is 1. The first kappa shape index (κ1) is 21.1. The van der Waals surface area contributed by atoms with E-state index in [0.29, 0.717) is 16.5 Å². The van der Waals surface area contributed by atoms with Crippen LogP contribution < -0.4 is 5.73 Å². The molecule has 2 aromatic carbocycles. The van der Waals surface area contributed by atoms with Crippen molar-refractivity contribution in [2.75, 3.05) is 6.61 Å². The van der Waals surface area contributed by atoms with Crippen LogP contribution in [0.4, 0.5) is 0 Å². The van der Waals surface area contributed by atoms with Crippen LogP contribution in [0.1, 0.15) is 17.5 Å². The summed E-state index contributed by atoms with van der Waals surface area (Å²) in [5, 5.41) is 10.1. The van der Waals surface area contributed by atoms with Gasteiger partial charge in [-0.05, 0) is 41.8 Å². The van der Waals surface area contributed by atoms with Crippen LogP contribution in [0.3, 0.4) is 0 Å². The summed E-state index contributed by atoms with van der Waals surface area (Å²) in [4.78, 5) is 27.6. The number of carbonyl (C=O) groups excluding carboxylic acids is 2. The van der Waals surface area contributed by atoms with Gasteiger partial charge < -0.3 is 10.8 Å². The molecule has 0 aliphatic heterocycles. The molecule has 2 aromatic rings. The predicted octanol–water partition coefficient (Wildman–Crippen LogP) is 3.23. The van der Waals surface area contributed by atoms with Crippen molar-refractivity contribution in [2.45, 2.75) is 19.3 Å². The molecule has 0 heterocycles. The first-order chi connectivity index (χ1) is 12.9. The van der Waals surface area contributed by atoms with Gasteiger partial charge in [0.25, 0.3) is 5.91 Å². The van der Waals surface area contributed by atoms with E-state index < -0.39 is 18.4 Å². The van der Waals surface area contributed by atoms with E-state index in [1.807, 2.05) is 12.1 Å². The zero-order valence-corrected chi connectivity index (χ0v) is 16.1. The van der Waals surface area contributed by atoms with Crippen molar-refractivity contribution in [3.63, 3.8) is 0 Å². The van der Waals surface area contributed by atoms with Crippen LogP contribution >= 0.6 is 23.2 Å². The number of aliphatic imine (C=N–C) groups is 1. The summed E-state index contributed by atoms with van der Waals surface area (Å²) in [5.74, 6) is -1.19. The van der Waals surface area contributed by atoms with Gasteiger partial charge in [-0.25, -0.2) is 0 Å². The number of Topliss-reactive ketones (excluding diaryl/α,β-unsaturated/α-hetero) is 1. The van der Waals surface area contributed by atoms with E-state index in [9.17, 15) is 9.59 Å². The molecule has 5 nitrogen and oxygen atoms in total. The fourth-order valence-electron chi connectivity index (χ4n) is 2.63. The first-order valence-electron chi connectivity index (χ1n) is 8.35. The second-order valence-electron chi connectivity index (χ2n) is 6.16. The lowest BCUT2D eigenvalue weighted by Gasteiger charge is -2.16. The molecule has 0 radical (unpaired) electrons. The maximum Gasteiger partial charge on any atom is 0.273 e. The average Bonchev–Trinajstić information content (AvgIpc) is 2.64. The Labute approximate surface area is 167 Å². The Morgan fingerprint density at radius 3 is 2.00 bits per heavy atom. The highest BCUT2D eigenvalue weighted by Gasteiger charge is 2.20. The van der Waals surface area contributed by atoms with Crippen LogP contribution in [0, 0.1) is 5.92 Å². The summed E-state index contributed by atoms with van der Waals surface area (Å²) in [6, 6.07) is 14.2. The molecular formula is C20H20Cl2N2O3. The molecule has 0 fully saturated rings. The second kappa shape index (κ2) is 10.2. The molecule has 142 valence electrons. The van der Waals surface area contributed by atoms with Gasteiger partial charge in [-0.3, -0.25) is 9.59 Å². The van der Waals surface area contributed by atoms with Crippen molar-refractivity contribution in [1.29, 1.82) is 0 Å². The van der Waals surface area contributed by atoms with Gasteiger partial charge in [0.15, 0.2) is 0 Å². The van der Waals surface area contributed by atoms with Gasteiger partial charge in [-0.2, -0.15) is 4.99 Å². The number of hydrogen-bond acceptors (Lipinski definition) is 3. The minimum atomic E-state index is -0.737. The van der Waals surface area contributed by atoms with Gasteiger partial charge in [0.2, 0.25) is 0 Å². The molecule has 27 heavy (non-hydrogen) atoms. The average molecular weight is 407 g/mol. The molecule has 0 spiro atoms. The van der Waals surface area contributed by atoms with Gasteiger partial charge in [0, 0.05) is 28.8 Å². The molecule has 0 saturated heterocycles. The smallest absolute Gasteiger partial charge is 0.273 e. The Morgan fingerprint density at radius 2 is 1.48 bits per heavy atom. The number of nitrogens with zero attached hydrogens (tertiary/aromatic N) is 1. The van der Waals surface area contributed by atoms with Gasteiger partial charge in [0.1, 0.15) is 18.2 Å². The van der Waals surface area contributed by atoms with Gasteiger partial charge in [-0.1, -0.05) is 47.5 Å². The molecule has 0 aliphatic carbocycles. The van der Waals surface area contributed by atoms with E-state index >= 15 is 0 Å². The molecule has 1 atom stereocenters. The number of ketones is 1. The third-order valence-corrected chi connectivity index (χ3v) is 4.50. The highest BCUT2D eigenvalue weighted by molar-refractivity contribution is 6.30. The molecule has 2 rings (SSSR count). The van der Waals surface area contributed by atoms with Crippen molar-refractivity contribution < 1.29 is 14.7 Å². The quantitative estimate of drug-likeness (QED) is 0.519. The van der Waals surface area contributed by atoms with Crippen molar-refractivity contribution in [1.82, 2.24) is 0 Å². The summed E-state index contributed by atoms with van der Waals surface area (Å²) in [5.41, 5.74) is 7.72. The summed E-state index contributed by atoms with van der Waals surface area (Å²) < 4.78 is 0.